The summed E-state index contributed by atoms with van der Waals surface area (Å²) in [4.78, 5) is 18.9. The maximum Gasteiger partial charge on any atom is 0.254 e. The Morgan fingerprint density at radius 1 is 1.41 bits per heavy atom. The third-order valence-corrected chi connectivity index (χ3v) is 6.42. The Morgan fingerprint density at radius 2 is 2.18 bits per heavy atom. The van der Waals surface area contributed by atoms with Gasteiger partial charge < -0.3 is 9.47 Å². The minimum absolute atomic E-state index is 0.00885. The molecule has 0 saturated carbocycles. The second-order valence-electron chi connectivity index (χ2n) is 5.94. The highest BCUT2D eigenvalue weighted by atomic mass is 32.2. The Bertz CT molecular complexity index is 740. The molecule has 1 fully saturated rings. The molecule has 0 radical (unpaired) electrons. The first-order valence-corrected chi connectivity index (χ1v) is 8.88. The van der Waals surface area contributed by atoms with Gasteiger partial charge in [-0.05, 0) is 31.5 Å². The van der Waals surface area contributed by atoms with Crippen LogP contribution in [0.3, 0.4) is 0 Å². The van der Waals surface area contributed by atoms with E-state index in [4.69, 9.17) is 0 Å². The van der Waals surface area contributed by atoms with E-state index >= 15 is 0 Å². The molecule has 1 aliphatic rings. The molecule has 3 rings (SSSR count). The maximum absolute atomic E-state index is 12.8. The van der Waals surface area contributed by atoms with Gasteiger partial charge in [0.1, 0.15) is 0 Å². The molecule has 1 aromatic carbocycles. The first-order chi connectivity index (χ1) is 10.5. The molecule has 0 bridgehead atoms. The number of hydrogen-bond acceptors (Lipinski definition) is 3. The SMILES string of the molecule is CCC1CN(C(=O)c2ccc3c(c2)ncn3C)CC(C)S1=O. The van der Waals surface area contributed by atoms with Crippen LogP contribution >= 0.6 is 0 Å². The number of amides is 1. The average molecular weight is 319 g/mol. The smallest absolute Gasteiger partial charge is 0.254 e. The summed E-state index contributed by atoms with van der Waals surface area (Å²) in [5.74, 6) is 0.00885. The fourth-order valence-electron chi connectivity index (χ4n) is 3.02. The average Bonchev–Trinajstić information content (AvgIpc) is 2.90. The minimum Gasteiger partial charge on any atom is -0.336 e. The summed E-state index contributed by atoms with van der Waals surface area (Å²) < 4.78 is 14.1. The predicted octanol–water partition coefficient (Wildman–Crippen LogP) is 1.94. The molecular weight excluding hydrogens is 298 g/mol. The number of hydrogen-bond donors (Lipinski definition) is 0. The molecule has 2 heterocycles. The van der Waals surface area contributed by atoms with E-state index in [0.717, 1.165) is 17.5 Å². The van der Waals surface area contributed by atoms with Crippen molar-refractivity contribution in [3.05, 3.63) is 30.1 Å². The number of aromatic nitrogens is 2. The van der Waals surface area contributed by atoms with Crippen LogP contribution in [0.5, 0.6) is 0 Å². The standard InChI is InChI=1S/C16H21N3O2S/c1-4-13-9-19(8-11(2)22(13)21)16(20)12-5-6-15-14(7-12)17-10-18(15)3/h5-7,10-11,13H,4,8-9H2,1-3H3. The van der Waals surface area contributed by atoms with Crippen molar-refractivity contribution in [1.29, 1.82) is 0 Å². The Morgan fingerprint density at radius 3 is 2.91 bits per heavy atom. The van der Waals surface area contributed by atoms with E-state index in [2.05, 4.69) is 4.98 Å². The van der Waals surface area contributed by atoms with E-state index in [1.54, 1.807) is 6.33 Å². The zero-order valence-corrected chi connectivity index (χ0v) is 14.0. The molecule has 1 amide bonds. The van der Waals surface area contributed by atoms with Crippen LogP contribution in [0, 0.1) is 0 Å². The van der Waals surface area contributed by atoms with Crippen molar-refractivity contribution in [2.45, 2.75) is 30.8 Å². The van der Waals surface area contributed by atoms with Crippen LogP contribution in [0.1, 0.15) is 30.6 Å². The number of rotatable bonds is 2. The van der Waals surface area contributed by atoms with Crippen LogP contribution < -0.4 is 0 Å². The molecule has 0 aliphatic carbocycles. The van der Waals surface area contributed by atoms with Crippen LogP contribution in [0.4, 0.5) is 0 Å². The van der Waals surface area contributed by atoms with Gasteiger partial charge in [-0.25, -0.2) is 4.98 Å². The number of aryl methyl sites for hydroxylation is 1. The van der Waals surface area contributed by atoms with Crippen molar-refractivity contribution in [1.82, 2.24) is 14.5 Å². The number of carbonyl (C=O) groups excluding carboxylic acids is 1. The van der Waals surface area contributed by atoms with Crippen molar-refractivity contribution in [2.24, 2.45) is 7.05 Å². The highest BCUT2D eigenvalue weighted by Crippen LogP contribution is 2.21. The molecule has 1 aromatic heterocycles. The fraction of sp³-hybridized carbons (Fsp3) is 0.500. The zero-order valence-electron chi connectivity index (χ0n) is 13.2. The molecule has 22 heavy (non-hydrogen) atoms. The summed E-state index contributed by atoms with van der Waals surface area (Å²) in [5.41, 5.74) is 2.49. The van der Waals surface area contributed by atoms with E-state index in [0.29, 0.717) is 18.7 Å². The summed E-state index contributed by atoms with van der Waals surface area (Å²) in [6, 6.07) is 5.62. The molecule has 6 heteroatoms. The third-order valence-electron chi connectivity index (χ3n) is 4.34. The number of fused-ring (bicyclic) bond motifs is 1. The van der Waals surface area contributed by atoms with Gasteiger partial charge in [-0.15, -0.1) is 0 Å². The van der Waals surface area contributed by atoms with E-state index < -0.39 is 10.8 Å². The molecule has 1 saturated heterocycles. The van der Waals surface area contributed by atoms with E-state index in [9.17, 15) is 9.00 Å². The van der Waals surface area contributed by atoms with Crippen molar-refractivity contribution in [3.63, 3.8) is 0 Å². The molecule has 0 spiro atoms. The fourth-order valence-corrected chi connectivity index (χ4v) is 4.66. The van der Waals surface area contributed by atoms with E-state index in [1.165, 1.54) is 0 Å². The number of imidazole rings is 1. The lowest BCUT2D eigenvalue weighted by molar-refractivity contribution is 0.0749. The van der Waals surface area contributed by atoms with Gasteiger partial charge in [0.05, 0.1) is 22.6 Å². The van der Waals surface area contributed by atoms with E-state index in [1.807, 2.05) is 48.6 Å². The normalized spacial score (nSPS) is 25.6. The maximum atomic E-state index is 12.8. The molecule has 5 nitrogen and oxygen atoms in total. The molecular formula is C16H21N3O2S. The predicted molar refractivity (Wildman–Crippen MR) is 88.3 cm³/mol. The minimum atomic E-state index is -0.845. The quantitative estimate of drug-likeness (QED) is 0.850. The lowest BCUT2D eigenvalue weighted by atomic mass is 10.1. The van der Waals surface area contributed by atoms with Crippen LogP contribution in [0.15, 0.2) is 24.5 Å². The zero-order chi connectivity index (χ0) is 15.9. The number of benzene rings is 1. The van der Waals surface area contributed by atoms with Crippen LogP contribution in [0.25, 0.3) is 11.0 Å². The van der Waals surface area contributed by atoms with Gasteiger partial charge in [0.2, 0.25) is 0 Å². The second kappa shape index (κ2) is 5.83. The summed E-state index contributed by atoms with van der Waals surface area (Å²) in [6.07, 6.45) is 2.58. The largest absolute Gasteiger partial charge is 0.336 e. The third kappa shape index (κ3) is 2.56. The Kier molecular flexibility index (Phi) is 4.04. The van der Waals surface area contributed by atoms with Crippen molar-refractivity contribution in [2.75, 3.05) is 13.1 Å². The topological polar surface area (TPSA) is 55.2 Å². The van der Waals surface area contributed by atoms with Crippen molar-refractivity contribution >= 4 is 27.7 Å². The van der Waals surface area contributed by atoms with Crippen LogP contribution in [-0.4, -0.2) is 48.2 Å². The summed E-state index contributed by atoms with van der Waals surface area (Å²) in [7, 11) is 1.09. The van der Waals surface area contributed by atoms with Crippen LogP contribution in [-0.2, 0) is 17.8 Å². The summed E-state index contributed by atoms with van der Waals surface area (Å²) in [5, 5.41) is 0.104. The highest BCUT2D eigenvalue weighted by Gasteiger charge is 2.33. The first-order valence-electron chi connectivity index (χ1n) is 7.61. The van der Waals surface area contributed by atoms with Gasteiger partial charge in [0.15, 0.2) is 0 Å². The molecule has 0 N–H and O–H groups in total. The van der Waals surface area contributed by atoms with Gasteiger partial charge in [-0.3, -0.25) is 9.00 Å². The Balaban J connectivity index is 1.87. The lowest BCUT2D eigenvalue weighted by Gasteiger charge is -2.35. The lowest BCUT2D eigenvalue weighted by Crippen LogP contribution is -2.50. The molecule has 118 valence electrons. The molecule has 1 aliphatic heterocycles. The summed E-state index contributed by atoms with van der Waals surface area (Å²) >= 11 is 0. The first kappa shape index (κ1) is 15.2. The van der Waals surface area contributed by atoms with Crippen LogP contribution in [0.2, 0.25) is 0 Å². The highest BCUT2D eigenvalue weighted by molar-refractivity contribution is 7.86. The second-order valence-corrected chi connectivity index (χ2v) is 8.07. The molecule has 2 aromatic rings. The van der Waals surface area contributed by atoms with Gasteiger partial charge in [-0.2, -0.15) is 0 Å². The Hall–Kier alpha value is -1.69. The van der Waals surface area contributed by atoms with Crippen molar-refractivity contribution in [3.8, 4) is 0 Å². The Labute approximate surface area is 132 Å². The van der Waals surface area contributed by atoms with Gasteiger partial charge >= 0.3 is 0 Å². The molecule has 3 unspecified atom stereocenters. The summed E-state index contributed by atoms with van der Waals surface area (Å²) in [6.45, 7) is 5.12. The van der Waals surface area contributed by atoms with Gasteiger partial charge in [-0.1, -0.05) is 6.92 Å². The van der Waals surface area contributed by atoms with Crippen molar-refractivity contribution < 1.29 is 9.00 Å². The van der Waals surface area contributed by atoms with Gasteiger partial charge in [0, 0.05) is 41.8 Å². The number of nitrogens with zero attached hydrogens (tertiary/aromatic N) is 3. The van der Waals surface area contributed by atoms with E-state index in [-0.39, 0.29) is 16.4 Å². The monoisotopic (exact) mass is 319 g/mol. The number of carbonyl (C=O) groups is 1. The van der Waals surface area contributed by atoms with Gasteiger partial charge in [0.25, 0.3) is 5.91 Å². The molecule has 3 atom stereocenters.